The fraction of sp³-hybridized carbons (Fsp3) is 0.333. The number of nitrogens with zero attached hydrogens (tertiary/aromatic N) is 1. The number of nitrogens with one attached hydrogen (secondary N) is 1. The maximum atomic E-state index is 12.3. The van der Waals surface area contributed by atoms with Crippen LogP contribution in [0.15, 0.2) is 24.2 Å². The van der Waals surface area contributed by atoms with E-state index in [9.17, 15) is 9.18 Å². The topological polar surface area (TPSA) is 77.2 Å². The molecule has 2 heterocycles. The number of aromatic nitrogens is 1. The number of carbonyl (C=O) groups is 1. The van der Waals surface area contributed by atoms with Gasteiger partial charge in [0, 0.05) is 31.0 Å². The summed E-state index contributed by atoms with van der Waals surface area (Å²) in [5.74, 6) is 0.441. The Balaban J connectivity index is 2.07. The minimum absolute atomic E-state index is 0.0345. The largest absolute Gasteiger partial charge is 0.487 e. The van der Waals surface area contributed by atoms with E-state index in [0.717, 1.165) is 5.69 Å². The molecule has 0 fully saturated rings. The van der Waals surface area contributed by atoms with Crippen LogP contribution in [0.2, 0.25) is 0 Å². The van der Waals surface area contributed by atoms with Gasteiger partial charge in [0.05, 0.1) is 23.9 Å². The summed E-state index contributed by atoms with van der Waals surface area (Å²) in [6, 6.07) is 1.69. The summed E-state index contributed by atoms with van der Waals surface area (Å²) >= 11 is 0. The zero-order valence-corrected chi connectivity index (χ0v) is 9.78. The molecule has 5 nitrogen and oxygen atoms in total. The van der Waals surface area contributed by atoms with Gasteiger partial charge in [-0.15, -0.1) is 0 Å². The molecule has 3 N–H and O–H groups in total. The molecular formula is C12H14FN3O2. The maximum absolute atomic E-state index is 12.3. The second kappa shape index (κ2) is 5.59. The van der Waals surface area contributed by atoms with Crippen molar-refractivity contribution in [2.24, 2.45) is 5.73 Å². The van der Waals surface area contributed by atoms with Gasteiger partial charge in [-0.3, -0.25) is 9.78 Å². The van der Waals surface area contributed by atoms with Crippen molar-refractivity contribution in [3.63, 3.8) is 0 Å². The third kappa shape index (κ3) is 2.84. The van der Waals surface area contributed by atoms with Crippen LogP contribution in [0, 0.1) is 0 Å². The van der Waals surface area contributed by atoms with E-state index in [1.807, 2.05) is 0 Å². The highest BCUT2D eigenvalue weighted by atomic mass is 19.1. The minimum Gasteiger partial charge on any atom is -0.487 e. The first-order valence-corrected chi connectivity index (χ1v) is 5.62. The van der Waals surface area contributed by atoms with Gasteiger partial charge in [-0.25, -0.2) is 4.39 Å². The lowest BCUT2D eigenvalue weighted by atomic mass is 10.1. The molecule has 0 radical (unpaired) electrons. The van der Waals surface area contributed by atoms with Gasteiger partial charge >= 0.3 is 0 Å². The van der Waals surface area contributed by atoms with Crippen molar-refractivity contribution in [3.8, 4) is 5.75 Å². The van der Waals surface area contributed by atoms with Crippen molar-refractivity contribution in [1.82, 2.24) is 4.98 Å². The number of nitrogens with two attached hydrogens (primary N) is 1. The Morgan fingerprint density at radius 3 is 3.17 bits per heavy atom. The highest BCUT2D eigenvalue weighted by molar-refractivity contribution is 5.93. The van der Waals surface area contributed by atoms with Crippen LogP contribution in [0.5, 0.6) is 5.75 Å². The monoisotopic (exact) mass is 251 g/mol. The molecule has 6 heteroatoms. The van der Waals surface area contributed by atoms with E-state index in [4.69, 9.17) is 10.5 Å². The molecule has 0 saturated heterocycles. The molecule has 18 heavy (non-hydrogen) atoms. The number of anilines is 1. The third-order valence-corrected chi connectivity index (χ3v) is 2.65. The van der Waals surface area contributed by atoms with Crippen molar-refractivity contribution in [2.45, 2.75) is 12.8 Å². The lowest BCUT2D eigenvalue weighted by Crippen LogP contribution is -2.20. The van der Waals surface area contributed by atoms with Gasteiger partial charge in [0.1, 0.15) is 12.4 Å². The third-order valence-electron chi connectivity index (χ3n) is 2.65. The number of hydrogen-bond donors (Lipinski definition) is 2. The fourth-order valence-electron chi connectivity index (χ4n) is 1.62. The van der Waals surface area contributed by atoms with Crippen molar-refractivity contribution >= 4 is 11.6 Å². The first kappa shape index (κ1) is 12.5. The summed E-state index contributed by atoms with van der Waals surface area (Å²) in [6.07, 6.45) is 3.07. The highest BCUT2D eigenvalue weighted by Crippen LogP contribution is 2.24. The van der Waals surface area contributed by atoms with Crippen LogP contribution in [0.3, 0.4) is 0 Å². The molecule has 1 aromatic heterocycles. The minimum atomic E-state index is -0.0345. The molecule has 0 atom stereocenters. The van der Waals surface area contributed by atoms with Gasteiger partial charge in [0.2, 0.25) is 5.91 Å². The number of hydrogen-bond acceptors (Lipinski definition) is 4. The van der Waals surface area contributed by atoms with E-state index in [1.165, 1.54) is 0 Å². The molecular weight excluding hydrogens is 237 g/mol. The highest BCUT2D eigenvalue weighted by Gasteiger charge is 2.16. The molecule has 2 rings (SSSR count). The molecule has 1 aliphatic rings. The molecule has 0 bridgehead atoms. The van der Waals surface area contributed by atoms with Gasteiger partial charge < -0.3 is 15.8 Å². The summed E-state index contributed by atoms with van der Waals surface area (Å²) in [6.45, 7) is 0.174. The van der Waals surface area contributed by atoms with Crippen molar-refractivity contribution in [1.29, 1.82) is 0 Å². The number of carbonyl (C=O) groups excluding carboxylic acids is 1. The standard InChI is InChI=1S/C12H14FN3O2/c13-4-8(5-14)7-18-9-3-11-10(15-6-9)1-2-12(17)16-11/h3-4,6H,1-2,5,7,14H2,(H,16,17)/b8-4-. The van der Waals surface area contributed by atoms with Crippen molar-refractivity contribution < 1.29 is 13.9 Å². The van der Waals surface area contributed by atoms with Crippen LogP contribution in [-0.4, -0.2) is 24.0 Å². The van der Waals surface area contributed by atoms with Crippen LogP contribution < -0.4 is 15.8 Å². The Bertz CT molecular complexity index is 488. The summed E-state index contributed by atoms with van der Waals surface area (Å²) in [4.78, 5) is 15.4. The SMILES string of the molecule is NC/C(=C/F)COc1cnc2c(c1)NC(=O)CC2. The molecule has 0 spiro atoms. The number of pyridine rings is 1. The summed E-state index contributed by atoms with van der Waals surface area (Å²) in [5.41, 5.74) is 7.16. The lowest BCUT2D eigenvalue weighted by molar-refractivity contribution is -0.116. The van der Waals surface area contributed by atoms with Gasteiger partial charge in [-0.2, -0.15) is 0 Å². The number of fused-ring (bicyclic) bond motifs is 1. The zero-order valence-electron chi connectivity index (χ0n) is 9.78. The summed E-state index contributed by atoms with van der Waals surface area (Å²) in [7, 11) is 0. The Morgan fingerprint density at radius 2 is 2.44 bits per heavy atom. The number of halogens is 1. The van der Waals surface area contributed by atoms with Crippen LogP contribution in [0.4, 0.5) is 10.1 Å². The maximum Gasteiger partial charge on any atom is 0.224 e. The Morgan fingerprint density at radius 1 is 1.61 bits per heavy atom. The van der Waals surface area contributed by atoms with Gasteiger partial charge in [0.15, 0.2) is 0 Å². The summed E-state index contributed by atoms with van der Waals surface area (Å²) in [5, 5.41) is 2.72. The van der Waals surface area contributed by atoms with Crippen LogP contribution in [0.25, 0.3) is 0 Å². The Kier molecular flexibility index (Phi) is 3.88. The molecule has 1 aromatic rings. The first-order valence-electron chi connectivity index (χ1n) is 5.62. The van der Waals surface area contributed by atoms with E-state index in [1.54, 1.807) is 12.3 Å². The van der Waals surface area contributed by atoms with Crippen molar-refractivity contribution in [3.05, 3.63) is 29.9 Å². The first-order chi connectivity index (χ1) is 8.72. The molecule has 96 valence electrons. The normalized spacial score (nSPS) is 15.0. The molecule has 1 amide bonds. The van der Waals surface area contributed by atoms with E-state index in [-0.39, 0.29) is 19.1 Å². The Labute approximate surface area is 104 Å². The van der Waals surface area contributed by atoms with Gasteiger partial charge in [-0.05, 0) is 0 Å². The predicted octanol–water partition coefficient (Wildman–Crippen LogP) is 1.16. The van der Waals surface area contributed by atoms with Gasteiger partial charge in [-0.1, -0.05) is 0 Å². The molecule has 0 aliphatic carbocycles. The van der Waals surface area contributed by atoms with E-state index < -0.39 is 0 Å². The number of amides is 1. The number of rotatable bonds is 4. The predicted molar refractivity (Wildman–Crippen MR) is 64.9 cm³/mol. The molecule has 0 unspecified atom stereocenters. The number of aryl methyl sites for hydroxylation is 1. The smallest absolute Gasteiger partial charge is 0.224 e. The molecule has 1 aliphatic heterocycles. The summed E-state index contributed by atoms with van der Waals surface area (Å²) < 4.78 is 17.6. The van der Waals surface area contributed by atoms with Crippen molar-refractivity contribution in [2.75, 3.05) is 18.5 Å². The second-order valence-electron chi connectivity index (χ2n) is 3.97. The molecule has 0 aromatic carbocycles. The lowest BCUT2D eigenvalue weighted by Gasteiger charge is -2.16. The average molecular weight is 251 g/mol. The second-order valence-corrected chi connectivity index (χ2v) is 3.97. The molecule has 0 saturated carbocycles. The fourth-order valence-corrected chi connectivity index (χ4v) is 1.62. The van der Waals surface area contributed by atoms with Gasteiger partial charge in [0.25, 0.3) is 0 Å². The van der Waals surface area contributed by atoms with E-state index in [0.29, 0.717) is 36.2 Å². The van der Waals surface area contributed by atoms with Crippen LogP contribution in [-0.2, 0) is 11.2 Å². The van der Waals surface area contributed by atoms with Crippen LogP contribution >= 0.6 is 0 Å². The average Bonchev–Trinajstić information content (AvgIpc) is 2.39. The zero-order chi connectivity index (χ0) is 13.0. The Hall–Kier alpha value is -1.95. The van der Waals surface area contributed by atoms with E-state index >= 15 is 0 Å². The quantitative estimate of drug-likeness (QED) is 0.841. The van der Waals surface area contributed by atoms with Crippen LogP contribution in [0.1, 0.15) is 12.1 Å². The number of ether oxygens (including phenoxy) is 1. The van der Waals surface area contributed by atoms with E-state index in [2.05, 4.69) is 10.3 Å².